The van der Waals surface area contributed by atoms with Crippen molar-refractivity contribution in [2.75, 3.05) is 4.43 Å². The van der Waals surface area contributed by atoms with Crippen molar-refractivity contribution in [3.8, 4) is 0 Å². The Kier molecular flexibility index (Phi) is 6.32. The van der Waals surface area contributed by atoms with Crippen molar-refractivity contribution in [1.82, 2.24) is 5.32 Å². The molecule has 3 rings (SSSR count). The van der Waals surface area contributed by atoms with Crippen LogP contribution in [0.1, 0.15) is 36.2 Å². The Balaban J connectivity index is 1.96. The second-order valence-corrected chi connectivity index (χ2v) is 10.2. The zero-order valence-corrected chi connectivity index (χ0v) is 19.5. The molecule has 0 spiro atoms. The third-order valence-electron chi connectivity index (χ3n) is 4.49. The van der Waals surface area contributed by atoms with Crippen LogP contribution in [-0.4, -0.2) is 20.2 Å². The molecule has 0 radical (unpaired) electrons. The summed E-state index contributed by atoms with van der Waals surface area (Å²) in [4.78, 5) is 17.5. The van der Waals surface area contributed by atoms with Crippen molar-refractivity contribution in [2.24, 2.45) is 4.99 Å². The average molecular weight is 561 g/mol. The third kappa shape index (κ3) is 4.74. The first-order valence-corrected chi connectivity index (χ1v) is 11.5. The van der Waals surface area contributed by atoms with E-state index in [2.05, 4.69) is 50.8 Å². The summed E-state index contributed by atoms with van der Waals surface area (Å²) in [6, 6.07) is 14.1. The summed E-state index contributed by atoms with van der Waals surface area (Å²) in [6.45, 7) is 4.20. The maximum atomic E-state index is 13.7. The van der Waals surface area contributed by atoms with E-state index in [0.29, 0.717) is 15.2 Å². The molecule has 2 atom stereocenters. The number of aliphatic imine (C=N–C) groups is 1. The lowest BCUT2D eigenvalue weighted by Gasteiger charge is -2.41. The minimum Gasteiger partial charge on any atom is -0.301 e. The smallest absolute Gasteiger partial charge is 0.257 e. The van der Waals surface area contributed by atoms with E-state index in [-0.39, 0.29) is 16.5 Å². The fourth-order valence-electron chi connectivity index (χ4n) is 3.17. The molecule has 0 bridgehead atoms. The van der Waals surface area contributed by atoms with Crippen molar-refractivity contribution >= 4 is 61.4 Å². The number of halogens is 3. The van der Waals surface area contributed by atoms with E-state index >= 15 is 0 Å². The standard InChI is InChI=1S/C20H19BrFIN2OS/c1-19(12-23)11-20(2,14-8-9-16(22)15(21)10-14)25-18(27-19)24-17(26)13-6-4-3-5-7-13/h3-10H,11-12H2,1-2H3,(H,24,25,26)/t19?,20-/m0/s1. The molecular weight excluding hydrogens is 542 g/mol. The molecule has 142 valence electrons. The molecule has 0 aromatic heterocycles. The van der Waals surface area contributed by atoms with Crippen LogP contribution in [0, 0.1) is 5.82 Å². The van der Waals surface area contributed by atoms with Gasteiger partial charge in [-0.15, -0.1) is 0 Å². The summed E-state index contributed by atoms with van der Waals surface area (Å²) in [7, 11) is 0. The van der Waals surface area contributed by atoms with Crippen molar-refractivity contribution < 1.29 is 9.18 Å². The molecule has 0 fully saturated rings. The van der Waals surface area contributed by atoms with Gasteiger partial charge in [-0.05, 0) is 66.0 Å². The van der Waals surface area contributed by atoms with Gasteiger partial charge in [0.2, 0.25) is 0 Å². The number of carbonyl (C=O) groups excluding carboxylic acids is 1. The number of nitrogens with zero attached hydrogens (tertiary/aromatic N) is 1. The van der Waals surface area contributed by atoms with E-state index < -0.39 is 5.54 Å². The molecule has 1 unspecified atom stereocenters. The lowest BCUT2D eigenvalue weighted by molar-refractivity contribution is 0.0977. The molecule has 0 saturated heterocycles. The highest BCUT2D eigenvalue weighted by Crippen LogP contribution is 2.46. The van der Waals surface area contributed by atoms with Crippen LogP contribution in [0.25, 0.3) is 0 Å². The zero-order chi connectivity index (χ0) is 19.7. The first kappa shape index (κ1) is 20.8. The van der Waals surface area contributed by atoms with Crippen molar-refractivity contribution in [1.29, 1.82) is 0 Å². The zero-order valence-electron chi connectivity index (χ0n) is 14.9. The first-order chi connectivity index (χ1) is 12.7. The fraction of sp³-hybridized carbons (Fsp3) is 0.300. The minimum atomic E-state index is -0.555. The van der Waals surface area contributed by atoms with Crippen molar-refractivity contribution in [3.05, 3.63) is 69.9 Å². The predicted octanol–water partition coefficient (Wildman–Crippen LogP) is 5.92. The van der Waals surface area contributed by atoms with Crippen LogP contribution < -0.4 is 5.32 Å². The number of thioether (sulfide) groups is 1. The lowest BCUT2D eigenvalue weighted by atomic mass is 9.84. The van der Waals surface area contributed by atoms with Gasteiger partial charge in [0.25, 0.3) is 5.91 Å². The van der Waals surface area contributed by atoms with E-state index in [0.717, 1.165) is 16.4 Å². The fourth-order valence-corrected chi connectivity index (χ4v) is 5.55. The van der Waals surface area contributed by atoms with Gasteiger partial charge in [-0.1, -0.05) is 58.6 Å². The summed E-state index contributed by atoms with van der Waals surface area (Å²) in [6.07, 6.45) is 0.788. The van der Waals surface area contributed by atoms with Gasteiger partial charge in [0.05, 0.1) is 10.0 Å². The minimum absolute atomic E-state index is 0.1000. The number of alkyl halides is 1. The van der Waals surface area contributed by atoms with E-state index in [1.54, 1.807) is 36.0 Å². The maximum Gasteiger partial charge on any atom is 0.257 e. The van der Waals surface area contributed by atoms with Gasteiger partial charge in [-0.2, -0.15) is 0 Å². The van der Waals surface area contributed by atoms with Gasteiger partial charge in [-0.25, -0.2) is 4.39 Å². The quantitative estimate of drug-likeness (QED) is 0.374. The summed E-state index contributed by atoms with van der Waals surface area (Å²) in [5, 5.41) is 3.56. The van der Waals surface area contributed by atoms with Crippen LogP contribution >= 0.6 is 50.3 Å². The Morgan fingerprint density at radius 3 is 2.63 bits per heavy atom. The predicted molar refractivity (Wildman–Crippen MR) is 122 cm³/mol. The Labute approximate surface area is 184 Å². The molecule has 1 aliphatic rings. The Hall–Kier alpha value is -0.930. The largest absolute Gasteiger partial charge is 0.301 e. The molecule has 27 heavy (non-hydrogen) atoms. The molecular formula is C20H19BrFIN2OS. The monoisotopic (exact) mass is 560 g/mol. The van der Waals surface area contributed by atoms with Gasteiger partial charge >= 0.3 is 0 Å². The van der Waals surface area contributed by atoms with Gasteiger partial charge in [0.1, 0.15) is 5.82 Å². The van der Waals surface area contributed by atoms with Crippen LogP contribution in [0.5, 0.6) is 0 Å². The molecule has 1 aliphatic heterocycles. The Morgan fingerprint density at radius 2 is 2.00 bits per heavy atom. The highest BCUT2D eigenvalue weighted by Gasteiger charge is 2.42. The molecule has 0 saturated carbocycles. The molecule has 3 nitrogen and oxygen atoms in total. The molecule has 1 N–H and O–H groups in total. The van der Waals surface area contributed by atoms with Crippen LogP contribution in [0.15, 0.2) is 58.0 Å². The molecule has 2 aromatic rings. The molecule has 2 aromatic carbocycles. The highest BCUT2D eigenvalue weighted by atomic mass is 127. The Morgan fingerprint density at radius 1 is 1.30 bits per heavy atom. The molecule has 1 heterocycles. The van der Waals surface area contributed by atoms with Gasteiger partial charge in [0.15, 0.2) is 5.17 Å². The van der Waals surface area contributed by atoms with Crippen molar-refractivity contribution in [3.63, 3.8) is 0 Å². The summed E-state index contributed by atoms with van der Waals surface area (Å²) < 4.78 is 14.9. The van der Waals surface area contributed by atoms with E-state index in [1.165, 1.54) is 6.07 Å². The maximum absolute atomic E-state index is 13.7. The lowest BCUT2D eigenvalue weighted by Crippen LogP contribution is -2.44. The Bertz CT molecular complexity index is 895. The second-order valence-electron chi connectivity index (χ2n) is 7.00. The number of nitrogens with one attached hydrogen (secondary N) is 1. The van der Waals surface area contributed by atoms with Gasteiger partial charge < -0.3 is 5.32 Å². The molecule has 7 heteroatoms. The second kappa shape index (κ2) is 8.21. The molecule has 1 amide bonds. The van der Waals surface area contributed by atoms with Gasteiger partial charge in [0, 0.05) is 14.7 Å². The highest BCUT2D eigenvalue weighted by molar-refractivity contribution is 14.1. The number of amidine groups is 1. The number of carbonyl (C=O) groups is 1. The number of rotatable bonds is 3. The van der Waals surface area contributed by atoms with Crippen LogP contribution in [-0.2, 0) is 5.54 Å². The van der Waals surface area contributed by atoms with E-state index in [9.17, 15) is 9.18 Å². The SMILES string of the molecule is CC1(CI)C[C@@](C)(c2ccc(F)c(Br)c2)N=C(NC(=O)c2ccccc2)S1. The number of amides is 1. The number of hydrogen-bond donors (Lipinski definition) is 1. The topological polar surface area (TPSA) is 41.5 Å². The van der Waals surface area contributed by atoms with Crippen LogP contribution in [0.4, 0.5) is 4.39 Å². The van der Waals surface area contributed by atoms with Crippen LogP contribution in [0.3, 0.4) is 0 Å². The summed E-state index contributed by atoms with van der Waals surface area (Å²) >= 11 is 7.22. The summed E-state index contributed by atoms with van der Waals surface area (Å²) in [5.41, 5.74) is 0.952. The number of hydrogen-bond acceptors (Lipinski definition) is 3. The normalized spacial score (nSPS) is 25.0. The number of benzene rings is 2. The first-order valence-electron chi connectivity index (χ1n) is 8.41. The summed E-state index contributed by atoms with van der Waals surface area (Å²) in [5.74, 6) is -0.479. The molecule has 0 aliphatic carbocycles. The van der Waals surface area contributed by atoms with Gasteiger partial charge in [-0.3, -0.25) is 9.79 Å². The average Bonchev–Trinajstić information content (AvgIpc) is 2.64. The van der Waals surface area contributed by atoms with E-state index in [1.807, 2.05) is 25.1 Å². The van der Waals surface area contributed by atoms with Crippen molar-refractivity contribution in [2.45, 2.75) is 30.6 Å². The van der Waals surface area contributed by atoms with E-state index in [4.69, 9.17) is 4.99 Å². The van der Waals surface area contributed by atoms with Crippen LogP contribution in [0.2, 0.25) is 0 Å². The third-order valence-corrected chi connectivity index (χ3v) is 8.47.